The number of carboxylic acids is 1. The minimum absolute atomic E-state index is 0.0684. The van der Waals surface area contributed by atoms with Crippen molar-refractivity contribution in [3.63, 3.8) is 0 Å². The molecule has 1 saturated heterocycles. The number of hydrogen-bond acceptors (Lipinski definition) is 5. The molecule has 1 aromatic carbocycles. The lowest BCUT2D eigenvalue weighted by Gasteiger charge is -2.28. The molecule has 1 N–H and O–H groups in total. The number of carbonyl (C=O) groups is 2. The summed E-state index contributed by atoms with van der Waals surface area (Å²) in [6, 6.07) is 3.30. The summed E-state index contributed by atoms with van der Waals surface area (Å²) in [5.41, 5.74) is -0.507. The molecule has 1 fully saturated rings. The highest BCUT2D eigenvalue weighted by Gasteiger charge is 2.48. The number of carboxylic acid groups (broad SMARTS) is 1. The first kappa shape index (κ1) is 21.9. The van der Waals surface area contributed by atoms with E-state index in [1.54, 1.807) is 17.0 Å². The van der Waals surface area contributed by atoms with E-state index < -0.39 is 11.4 Å². The predicted octanol–water partition coefficient (Wildman–Crippen LogP) is 3.46. The third kappa shape index (κ3) is 4.18. The van der Waals surface area contributed by atoms with E-state index in [1.807, 2.05) is 34.6 Å². The van der Waals surface area contributed by atoms with Gasteiger partial charge in [0.1, 0.15) is 0 Å². The molecule has 1 aliphatic heterocycles. The molecule has 0 bridgehead atoms. The molecular weight excluding hydrogens is 362 g/mol. The van der Waals surface area contributed by atoms with Crippen LogP contribution in [0, 0.1) is 11.3 Å². The lowest BCUT2D eigenvalue weighted by atomic mass is 9.76. The summed E-state index contributed by atoms with van der Waals surface area (Å²) >= 11 is 0. The Kier molecular flexibility index (Phi) is 7.16. The highest BCUT2D eigenvalue weighted by molar-refractivity contribution is 5.96. The molecule has 0 spiro atoms. The fourth-order valence-corrected chi connectivity index (χ4v) is 3.59. The normalized spacial score (nSPS) is 19.0. The quantitative estimate of drug-likeness (QED) is 0.692. The average molecular weight is 393 g/mol. The molecule has 7 nitrogen and oxygen atoms in total. The lowest BCUT2D eigenvalue weighted by Crippen LogP contribution is -2.40. The van der Waals surface area contributed by atoms with E-state index in [4.69, 9.17) is 14.2 Å². The third-order valence-electron chi connectivity index (χ3n) is 5.28. The summed E-state index contributed by atoms with van der Waals surface area (Å²) < 4.78 is 17.0. The maximum Gasteiger partial charge on any atom is 0.311 e. The van der Waals surface area contributed by atoms with Crippen LogP contribution in [0.2, 0.25) is 0 Å². The molecule has 1 atom stereocenters. The van der Waals surface area contributed by atoms with Crippen molar-refractivity contribution in [1.82, 2.24) is 4.90 Å². The van der Waals surface area contributed by atoms with Crippen LogP contribution in [0.5, 0.6) is 17.2 Å². The second kappa shape index (κ2) is 9.17. The molecule has 1 heterocycles. The molecular formula is C21H31NO6. The second-order valence-electron chi connectivity index (χ2n) is 7.19. The van der Waals surface area contributed by atoms with Gasteiger partial charge in [0.05, 0.1) is 25.2 Å². The van der Waals surface area contributed by atoms with Crippen molar-refractivity contribution < 1.29 is 28.9 Å². The molecule has 0 aromatic heterocycles. The Bertz CT molecular complexity index is 690. The molecule has 0 saturated carbocycles. The zero-order chi connectivity index (χ0) is 20.9. The highest BCUT2D eigenvalue weighted by atomic mass is 16.5. The van der Waals surface area contributed by atoms with Gasteiger partial charge in [-0.05, 0) is 45.2 Å². The van der Waals surface area contributed by atoms with Gasteiger partial charge < -0.3 is 24.2 Å². The number of aliphatic carboxylic acids is 1. The molecule has 28 heavy (non-hydrogen) atoms. The van der Waals surface area contributed by atoms with Crippen LogP contribution in [0.3, 0.4) is 0 Å². The zero-order valence-electron chi connectivity index (χ0n) is 17.4. The van der Waals surface area contributed by atoms with E-state index in [1.165, 1.54) is 0 Å². The number of hydrogen-bond donors (Lipinski definition) is 1. The van der Waals surface area contributed by atoms with E-state index in [0.29, 0.717) is 55.6 Å². The van der Waals surface area contributed by atoms with Gasteiger partial charge in [-0.25, -0.2) is 0 Å². The summed E-state index contributed by atoms with van der Waals surface area (Å²) in [6.07, 6.45) is 0.444. The summed E-state index contributed by atoms with van der Waals surface area (Å²) in [7, 11) is 0. The summed E-state index contributed by atoms with van der Waals surface area (Å²) in [4.78, 5) is 26.6. The number of rotatable bonds is 9. The van der Waals surface area contributed by atoms with Gasteiger partial charge in [0, 0.05) is 18.7 Å². The minimum Gasteiger partial charge on any atom is -0.490 e. The van der Waals surface area contributed by atoms with Gasteiger partial charge in [-0.3, -0.25) is 9.59 Å². The number of carbonyl (C=O) groups excluding carboxylic acids is 1. The van der Waals surface area contributed by atoms with Gasteiger partial charge in [-0.15, -0.1) is 0 Å². The molecule has 1 amide bonds. The first-order valence-electron chi connectivity index (χ1n) is 9.89. The first-order valence-corrected chi connectivity index (χ1v) is 9.89. The van der Waals surface area contributed by atoms with Crippen LogP contribution in [0.1, 0.15) is 51.4 Å². The van der Waals surface area contributed by atoms with Crippen molar-refractivity contribution in [2.24, 2.45) is 11.3 Å². The monoisotopic (exact) mass is 393 g/mol. The number of benzene rings is 1. The topological polar surface area (TPSA) is 85.3 Å². The van der Waals surface area contributed by atoms with E-state index in [-0.39, 0.29) is 18.4 Å². The fourth-order valence-electron chi connectivity index (χ4n) is 3.59. The van der Waals surface area contributed by atoms with E-state index in [2.05, 4.69) is 0 Å². The van der Waals surface area contributed by atoms with Gasteiger partial charge in [-0.2, -0.15) is 0 Å². The van der Waals surface area contributed by atoms with Crippen LogP contribution in [0.4, 0.5) is 0 Å². The predicted molar refractivity (Wildman–Crippen MR) is 105 cm³/mol. The van der Waals surface area contributed by atoms with Gasteiger partial charge in [0.15, 0.2) is 11.5 Å². The molecule has 2 rings (SSSR count). The summed E-state index contributed by atoms with van der Waals surface area (Å²) in [5, 5.41) is 9.73. The maximum atomic E-state index is 13.1. The van der Waals surface area contributed by atoms with Gasteiger partial charge >= 0.3 is 5.97 Å². The maximum absolute atomic E-state index is 13.1. The van der Waals surface area contributed by atoms with E-state index in [9.17, 15) is 14.7 Å². The molecule has 7 heteroatoms. The molecule has 156 valence electrons. The van der Waals surface area contributed by atoms with Crippen LogP contribution in [-0.4, -0.2) is 54.8 Å². The Morgan fingerprint density at radius 1 is 1.07 bits per heavy atom. The van der Waals surface area contributed by atoms with Crippen molar-refractivity contribution in [3.8, 4) is 17.2 Å². The van der Waals surface area contributed by atoms with Crippen LogP contribution in [-0.2, 0) is 4.79 Å². The summed E-state index contributed by atoms with van der Waals surface area (Å²) in [5.74, 6) is 0.230. The smallest absolute Gasteiger partial charge is 0.311 e. The van der Waals surface area contributed by atoms with Crippen molar-refractivity contribution in [2.75, 3.05) is 32.9 Å². The SMILES string of the molecule is CCOc1cc(C(=O)N2CCC(C(=O)O)(C(C)C)C2)cc(OCC)c1OCC. The number of ether oxygens (including phenoxy) is 3. The molecule has 1 aliphatic rings. The Morgan fingerprint density at radius 3 is 2.00 bits per heavy atom. The fraction of sp³-hybridized carbons (Fsp3) is 0.619. The standard InChI is InChI=1S/C21H31NO6/c1-6-26-16-11-15(12-17(27-7-2)18(16)28-8-3)19(23)22-10-9-21(13-22,14(4)5)20(24)25/h11-12,14H,6-10,13H2,1-5H3,(H,24,25). The minimum atomic E-state index is -0.910. The number of likely N-dealkylation sites (tertiary alicyclic amines) is 1. The second-order valence-corrected chi connectivity index (χ2v) is 7.19. The average Bonchev–Trinajstić information content (AvgIpc) is 3.11. The van der Waals surface area contributed by atoms with Crippen molar-refractivity contribution in [1.29, 1.82) is 0 Å². The number of amides is 1. The zero-order valence-corrected chi connectivity index (χ0v) is 17.4. The Labute approximate surface area is 166 Å². The van der Waals surface area contributed by atoms with Gasteiger partial charge in [0.25, 0.3) is 5.91 Å². The summed E-state index contributed by atoms with van der Waals surface area (Å²) in [6.45, 7) is 11.2. The van der Waals surface area contributed by atoms with Crippen LogP contribution >= 0.6 is 0 Å². The Morgan fingerprint density at radius 2 is 1.61 bits per heavy atom. The van der Waals surface area contributed by atoms with Gasteiger partial charge in [-0.1, -0.05) is 13.8 Å². The molecule has 1 aromatic rings. The van der Waals surface area contributed by atoms with Crippen molar-refractivity contribution in [3.05, 3.63) is 17.7 Å². The van der Waals surface area contributed by atoms with E-state index in [0.717, 1.165) is 0 Å². The van der Waals surface area contributed by atoms with Crippen LogP contribution in [0.15, 0.2) is 12.1 Å². The van der Waals surface area contributed by atoms with Crippen LogP contribution in [0.25, 0.3) is 0 Å². The Hall–Kier alpha value is -2.44. The largest absolute Gasteiger partial charge is 0.490 e. The van der Waals surface area contributed by atoms with E-state index >= 15 is 0 Å². The molecule has 1 unspecified atom stereocenters. The lowest BCUT2D eigenvalue weighted by molar-refractivity contribution is -0.150. The first-order chi connectivity index (χ1) is 13.3. The van der Waals surface area contributed by atoms with Crippen LogP contribution < -0.4 is 14.2 Å². The van der Waals surface area contributed by atoms with Crippen molar-refractivity contribution in [2.45, 2.75) is 41.0 Å². The molecule has 0 aliphatic carbocycles. The van der Waals surface area contributed by atoms with Gasteiger partial charge in [0.2, 0.25) is 5.75 Å². The highest BCUT2D eigenvalue weighted by Crippen LogP contribution is 2.41. The molecule has 0 radical (unpaired) electrons. The van der Waals surface area contributed by atoms with Crippen molar-refractivity contribution >= 4 is 11.9 Å². The Balaban J connectivity index is 2.38. The number of nitrogens with zero attached hydrogens (tertiary/aromatic N) is 1. The third-order valence-corrected chi connectivity index (χ3v) is 5.28.